The maximum atomic E-state index is 13.5. The molecule has 0 radical (unpaired) electrons. The summed E-state index contributed by atoms with van der Waals surface area (Å²) < 4.78 is 26.6. The number of amides is 1. The number of benzene rings is 1. The van der Waals surface area contributed by atoms with Crippen LogP contribution in [0.25, 0.3) is 11.3 Å². The van der Waals surface area contributed by atoms with Gasteiger partial charge in [-0.25, -0.2) is 13.6 Å². The normalized spacial score (nSPS) is 10.4. The summed E-state index contributed by atoms with van der Waals surface area (Å²) >= 11 is 0. The van der Waals surface area contributed by atoms with Crippen LogP contribution in [0.4, 0.5) is 13.6 Å². The monoisotopic (exact) mass is 266 g/mol. The highest BCUT2D eigenvalue weighted by Crippen LogP contribution is 2.23. The minimum absolute atomic E-state index is 0.150. The summed E-state index contributed by atoms with van der Waals surface area (Å²) in [5.41, 5.74) is 1.42. The van der Waals surface area contributed by atoms with E-state index >= 15 is 0 Å². The van der Waals surface area contributed by atoms with Crippen molar-refractivity contribution in [1.29, 1.82) is 0 Å². The van der Waals surface area contributed by atoms with Gasteiger partial charge in [-0.1, -0.05) is 0 Å². The van der Waals surface area contributed by atoms with Gasteiger partial charge in [-0.3, -0.25) is 0 Å². The molecule has 0 saturated carbocycles. The Morgan fingerprint density at radius 1 is 1.32 bits per heavy atom. The summed E-state index contributed by atoms with van der Waals surface area (Å²) in [4.78, 5) is 13.1. The lowest BCUT2D eigenvalue weighted by Gasteiger charge is -2.00. The van der Waals surface area contributed by atoms with E-state index in [1.165, 1.54) is 0 Å². The predicted octanol–water partition coefficient (Wildman–Crippen LogP) is 2.77. The van der Waals surface area contributed by atoms with E-state index in [0.29, 0.717) is 12.1 Å². The Balaban J connectivity index is 2.12. The first kappa shape index (κ1) is 13.1. The molecule has 0 atom stereocenters. The Morgan fingerprint density at radius 3 is 2.84 bits per heavy atom. The lowest BCUT2D eigenvalue weighted by molar-refractivity contribution is 0.194. The van der Waals surface area contributed by atoms with Crippen molar-refractivity contribution in [2.45, 2.75) is 6.42 Å². The first-order valence-corrected chi connectivity index (χ1v) is 5.66. The van der Waals surface area contributed by atoms with Crippen molar-refractivity contribution < 1.29 is 18.7 Å². The number of carboxylic acid groups (broad SMARTS) is 1. The second-order valence-corrected chi connectivity index (χ2v) is 4.03. The lowest BCUT2D eigenvalue weighted by atomic mass is 10.1. The first-order chi connectivity index (χ1) is 9.06. The highest BCUT2D eigenvalue weighted by molar-refractivity contribution is 5.64. The van der Waals surface area contributed by atoms with E-state index in [0.717, 1.165) is 23.8 Å². The molecule has 1 amide bonds. The van der Waals surface area contributed by atoms with Crippen LogP contribution in [0.3, 0.4) is 0 Å². The molecule has 0 aliphatic heterocycles. The largest absolute Gasteiger partial charge is 0.465 e. The van der Waals surface area contributed by atoms with E-state index in [1.54, 1.807) is 12.3 Å². The van der Waals surface area contributed by atoms with Crippen LogP contribution in [0.2, 0.25) is 0 Å². The van der Waals surface area contributed by atoms with Crippen LogP contribution >= 0.6 is 0 Å². The maximum absolute atomic E-state index is 13.5. The molecule has 2 rings (SSSR count). The third-order valence-corrected chi connectivity index (χ3v) is 2.65. The Bertz CT molecular complexity index is 596. The van der Waals surface area contributed by atoms with E-state index < -0.39 is 17.7 Å². The molecule has 19 heavy (non-hydrogen) atoms. The number of halogens is 2. The van der Waals surface area contributed by atoms with E-state index in [2.05, 4.69) is 10.3 Å². The molecule has 0 aliphatic carbocycles. The van der Waals surface area contributed by atoms with Gasteiger partial charge in [-0.2, -0.15) is 0 Å². The van der Waals surface area contributed by atoms with Gasteiger partial charge in [-0.05, 0) is 36.2 Å². The summed E-state index contributed by atoms with van der Waals surface area (Å²) in [6.45, 7) is 0.262. The van der Waals surface area contributed by atoms with E-state index in [-0.39, 0.29) is 12.1 Å². The van der Waals surface area contributed by atoms with Crippen molar-refractivity contribution in [3.63, 3.8) is 0 Å². The molecule has 6 heteroatoms. The molecule has 3 N–H and O–H groups in total. The molecule has 100 valence electrons. The van der Waals surface area contributed by atoms with Crippen molar-refractivity contribution in [3.05, 3.63) is 47.7 Å². The van der Waals surface area contributed by atoms with Crippen LogP contribution in [0.15, 0.2) is 30.5 Å². The van der Waals surface area contributed by atoms with Gasteiger partial charge in [0.25, 0.3) is 0 Å². The SMILES string of the molecule is O=C(O)NCCc1c[nH]c(-c2cc(F)ccc2F)c1. The number of carbonyl (C=O) groups is 1. The average molecular weight is 266 g/mol. The number of aromatic nitrogens is 1. The van der Waals surface area contributed by atoms with Gasteiger partial charge in [0.15, 0.2) is 0 Å². The number of hydrogen-bond acceptors (Lipinski definition) is 1. The Hall–Kier alpha value is -2.37. The topological polar surface area (TPSA) is 65.1 Å². The van der Waals surface area contributed by atoms with E-state index in [9.17, 15) is 13.6 Å². The molecule has 0 aliphatic rings. The first-order valence-electron chi connectivity index (χ1n) is 5.66. The van der Waals surface area contributed by atoms with Gasteiger partial charge in [0, 0.05) is 24.0 Å². The van der Waals surface area contributed by atoms with Crippen LogP contribution in [-0.2, 0) is 6.42 Å². The second kappa shape index (κ2) is 5.51. The molecule has 4 nitrogen and oxygen atoms in total. The number of H-pyrrole nitrogens is 1. The molecule has 1 heterocycles. The van der Waals surface area contributed by atoms with Crippen molar-refractivity contribution in [2.24, 2.45) is 0 Å². The van der Waals surface area contributed by atoms with Crippen molar-refractivity contribution >= 4 is 6.09 Å². The van der Waals surface area contributed by atoms with Crippen LogP contribution in [0.5, 0.6) is 0 Å². The summed E-state index contributed by atoms with van der Waals surface area (Å²) in [6.07, 6.45) is 1.02. The zero-order valence-corrected chi connectivity index (χ0v) is 9.91. The molecule has 2 aromatic rings. The smallest absolute Gasteiger partial charge is 0.404 e. The fraction of sp³-hybridized carbons (Fsp3) is 0.154. The fourth-order valence-corrected chi connectivity index (χ4v) is 1.76. The van der Waals surface area contributed by atoms with Crippen molar-refractivity contribution in [3.8, 4) is 11.3 Å². The van der Waals surface area contributed by atoms with Gasteiger partial charge in [-0.15, -0.1) is 0 Å². The molecule has 0 spiro atoms. The molecule has 0 unspecified atom stereocenters. The molecule has 1 aromatic heterocycles. The van der Waals surface area contributed by atoms with Gasteiger partial charge in [0.05, 0.1) is 0 Å². The van der Waals surface area contributed by atoms with E-state index in [4.69, 9.17) is 5.11 Å². The summed E-state index contributed by atoms with van der Waals surface area (Å²) in [6, 6.07) is 4.90. The second-order valence-electron chi connectivity index (χ2n) is 4.03. The van der Waals surface area contributed by atoms with Gasteiger partial charge >= 0.3 is 6.09 Å². The summed E-state index contributed by atoms with van der Waals surface area (Å²) in [7, 11) is 0. The number of rotatable bonds is 4. The molecular weight excluding hydrogens is 254 g/mol. The minimum Gasteiger partial charge on any atom is -0.465 e. The number of hydrogen-bond donors (Lipinski definition) is 3. The summed E-state index contributed by atoms with van der Waals surface area (Å²) in [5.74, 6) is -1.03. The minimum atomic E-state index is -1.09. The predicted molar refractivity (Wildman–Crippen MR) is 65.9 cm³/mol. The fourth-order valence-electron chi connectivity index (χ4n) is 1.76. The molecule has 0 saturated heterocycles. The summed E-state index contributed by atoms with van der Waals surface area (Å²) in [5, 5.41) is 10.7. The van der Waals surface area contributed by atoms with Gasteiger partial charge < -0.3 is 15.4 Å². The van der Waals surface area contributed by atoms with Crippen LogP contribution < -0.4 is 5.32 Å². The van der Waals surface area contributed by atoms with Crippen molar-refractivity contribution in [1.82, 2.24) is 10.3 Å². The highest BCUT2D eigenvalue weighted by atomic mass is 19.1. The average Bonchev–Trinajstić information content (AvgIpc) is 2.80. The van der Waals surface area contributed by atoms with E-state index in [1.807, 2.05) is 0 Å². The number of aromatic amines is 1. The Kier molecular flexibility index (Phi) is 3.79. The van der Waals surface area contributed by atoms with Crippen molar-refractivity contribution in [2.75, 3.05) is 6.54 Å². The molecular formula is C13H12F2N2O2. The van der Waals surface area contributed by atoms with Gasteiger partial charge in [0.1, 0.15) is 11.6 Å². The van der Waals surface area contributed by atoms with Crippen LogP contribution in [0, 0.1) is 11.6 Å². The third kappa shape index (κ3) is 3.31. The molecule has 0 fully saturated rings. The Labute approximate surface area is 108 Å². The zero-order valence-electron chi connectivity index (χ0n) is 9.91. The third-order valence-electron chi connectivity index (χ3n) is 2.65. The lowest BCUT2D eigenvalue weighted by Crippen LogP contribution is -2.23. The number of nitrogens with one attached hydrogen (secondary N) is 2. The van der Waals surface area contributed by atoms with Gasteiger partial charge in [0.2, 0.25) is 0 Å². The highest BCUT2D eigenvalue weighted by Gasteiger charge is 2.09. The molecule has 1 aromatic carbocycles. The standard InChI is InChI=1S/C13H12F2N2O2/c14-9-1-2-11(15)10(6-9)12-5-8(7-17-12)3-4-16-13(18)19/h1-2,5-7,16-17H,3-4H2,(H,18,19). The Morgan fingerprint density at radius 2 is 2.11 bits per heavy atom. The zero-order chi connectivity index (χ0) is 13.8. The molecule has 0 bridgehead atoms. The quantitative estimate of drug-likeness (QED) is 0.796. The van der Waals surface area contributed by atoms with Crippen LogP contribution in [0.1, 0.15) is 5.56 Å². The van der Waals surface area contributed by atoms with Crippen LogP contribution in [-0.4, -0.2) is 22.7 Å². The maximum Gasteiger partial charge on any atom is 0.404 e.